The third-order valence-electron chi connectivity index (χ3n) is 6.54. The van der Waals surface area contributed by atoms with Gasteiger partial charge >= 0.3 is 0 Å². The summed E-state index contributed by atoms with van der Waals surface area (Å²) in [5.74, 6) is -0.362. The molecule has 4 N–H and O–H groups in total. The number of imidazole rings is 1. The number of H-pyrrole nitrogens is 1. The summed E-state index contributed by atoms with van der Waals surface area (Å²) in [6, 6.07) is 16.0. The number of rotatable bonds is 8. The number of aromatic amines is 1. The van der Waals surface area contributed by atoms with Gasteiger partial charge in [-0.25, -0.2) is 13.4 Å². The zero-order chi connectivity index (χ0) is 28.7. The van der Waals surface area contributed by atoms with Crippen LogP contribution >= 0.6 is 11.6 Å². The number of benzene rings is 2. The van der Waals surface area contributed by atoms with E-state index < -0.39 is 33.8 Å². The number of sulfone groups is 1. The van der Waals surface area contributed by atoms with Crippen LogP contribution in [-0.4, -0.2) is 81.6 Å². The summed E-state index contributed by atoms with van der Waals surface area (Å²) in [7, 11) is -3.61. The van der Waals surface area contributed by atoms with Crippen LogP contribution in [0.1, 0.15) is 20.3 Å². The molecule has 2 aromatic heterocycles. The van der Waals surface area contributed by atoms with Crippen LogP contribution in [0.3, 0.4) is 0 Å². The number of fused-ring (bicyclic) bond motifs is 1. The molecule has 0 spiro atoms. The molecule has 0 saturated carbocycles. The summed E-state index contributed by atoms with van der Waals surface area (Å²) in [5.41, 5.74) is 2.69. The van der Waals surface area contributed by atoms with E-state index in [4.69, 9.17) is 21.1 Å². The monoisotopic (exact) mass is 587 g/mol. The Balaban J connectivity index is 1.32. The molecule has 2 aromatic carbocycles. The zero-order valence-corrected chi connectivity index (χ0v) is 23.5. The predicted molar refractivity (Wildman–Crippen MR) is 150 cm³/mol. The Morgan fingerprint density at radius 1 is 1.07 bits per heavy atom. The van der Waals surface area contributed by atoms with E-state index in [0.717, 1.165) is 16.7 Å². The minimum atomic E-state index is -3.61. The van der Waals surface area contributed by atoms with Crippen molar-refractivity contribution in [3.05, 3.63) is 59.6 Å². The first-order valence-corrected chi connectivity index (χ1v) is 14.7. The fraction of sp³-hybridized carbons (Fsp3) is 0.357. The Labute approximate surface area is 236 Å². The molecule has 0 radical (unpaired) electrons. The third-order valence-corrected chi connectivity index (χ3v) is 8.91. The molecule has 1 fully saturated rings. The van der Waals surface area contributed by atoms with Crippen molar-refractivity contribution in [2.75, 3.05) is 19.0 Å². The van der Waals surface area contributed by atoms with E-state index >= 15 is 0 Å². The molecule has 1 aliphatic rings. The van der Waals surface area contributed by atoms with Crippen LogP contribution in [0.5, 0.6) is 6.01 Å². The van der Waals surface area contributed by atoms with Crippen molar-refractivity contribution >= 4 is 32.6 Å². The number of hydrogen-bond acceptors (Lipinski definition) is 9. The first-order chi connectivity index (χ1) is 18.9. The first kappa shape index (κ1) is 28.5. The minimum absolute atomic E-state index is 0.156. The van der Waals surface area contributed by atoms with Gasteiger partial charge in [0.15, 0.2) is 15.5 Å². The fourth-order valence-corrected chi connectivity index (χ4v) is 6.53. The van der Waals surface area contributed by atoms with Crippen molar-refractivity contribution in [3.8, 4) is 28.4 Å². The molecule has 0 unspecified atom stereocenters. The van der Waals surface area contributed by atoms with Crippen molar-refractivity contribution in [1.29, 1.82) is 0 Å². The number of aliphatic hydroxyl groups excluding tert-OH is 2. The summed E-state index contributed by atoms with van der Waals surface area (Å²) >= 11 is 6.55. The molecule has 5 rings (SSSR count). The highest BCUT2D eigenvalue weighted by Gasteiger charge is 2.31. The van der Waals surface area contributed by atoms with E-state index in [0.29, 0.717) is 28.3 Å². The lowest BCUT2D eigenvalue weighted by Crippen LogP contribution is -2.45. The average Bonchev–Trinajstić information content (AvgIpc) is 3.28. The minimum Gasteiger partial charge on any atom is -0.459 e. The Morgan fingerprint density at radius 3 is 2.30 bits per heavy atom. The second-order valence-corrected chi connectivity index (χ2v) is 12.9. The van der Waals surface area contributed by atoms with Gasteiger partial charge in [-0.3, -0.25) is 0 Å². The summed E-state index contributed by atoms with van der Waals surface area (Å²) < 4.78 is 36.4. The van der Waals surface area contributed by atoms with Crippen molar-refractivity contribution < 1.29 is 33.2 Å². The molecule has 12 heteroatoms. The van der Waals surface area contributed by atoms with Gasteiger partial charge in [0.25, 0.3) is 6.01 Å². The van der Waals surface area contributed by atoms with E-state index in [2.05, 4.69) is 15.0 Å². The lowest BCUT2D eigenvalue weighted by atomic mass is 10.0. The van der Waals surface area contributed by atoms with Crippen LogP contribution in [0.2, 0.25) is 5.02 Å². The van der Waals surface area contributed by atoms with Crippen LogP contribution in [0.4, 0.5) is 0 Å². The largest absolute Gasteiger partial charge is 0.459 e. The number of halogens is 1. The van der Waals surface area contributed by atoms with Crippen molar-refractivity contribution in [3.63, 3.8) is 0 Å². The molecule has 0 bridgehead atoms. The molecule has 3 atom stereocenters. The van der Waals surface area contributed by atoms with Gasteiger partial charge in [0.2, 0.25) is 0 Å². The van der Waals surface area contributed by atoms with Gasteiger partial charge in [0.05, 0.1) is 51.8 Å². The van der Waals surface area contributed by atoms with Crippen molar-refractivity contribution in [2.24, 2.45) is 0 Å². The number of pyridine rings is 1. The Kier molecular flexibility index (Phi) is 7.88. The molecule has 0 aliphatic carbocycles. The molecular weight excluding hydrogens is 558 g/mol. The lowest BCUT2D eigenvalue weighted by molar-refractivity contribution is -0.131. The standard InChI is InChI=1S/C28H30ClN3O7S/c1-28(2,35)15-40(36,37)20-9-7-17(8-10-20)16-3-5-18(6-4-16)25-21(29)12-22-26(31-25)32-27(30-22)39-19-11-23(34)24(13-33)38-14-19/h3-10,12,19,23-24,33-35H,11,13-15H2,1-2H3,(H,30,31,32)/t19-,23+,24-/m1/s1. The van der Waals surface area contributed by atoms with Crippen molar-refractivity contribution in [2.45, 2.75) is 49.1 Å². The smallest absolute Gasteiger partial charge is 0.296 e. The molecule has 1 saturated heterocycles. The van der Waals surface area contributed by atoms with Crippen LogP contribution in [0.25, 0.3) is 33.5 Å². The number of nitrogens with zero attached hydrogens (tertiary/aromatic N) is 2. The lowest BCUT2D eigenvalue weighted by Gasteiger charge is -2.31. The predicted octanol–water partition coefficient (Wildman–Crippen LogP) is 3.38. The number of ether oxygens (including phenoxy) is 2. The Bertz CT molecular complexity index is 1600. The molecular formula is C28H30ClN3O7S. The van der Waals surface area contributed by atoms with Gasteiger partial charge in [-0.2, -0.15) is 4.98 Å². The molecule has 10 nitrogen and oxygen atoms in total. The first-order valence-electron chi connectivity index (χ1n) is 12.7. The van der Waals surface area contributed by atoms with Gasteiger partial charge in [-0.05, 0) is 43.2 Å². The van der Waals surface area contributed by atoms with E-state index in [1.807, 2.05) is 24.3 Å². The quantitative estimate of drug-likeness (QED) is 0.243. The van der Waals surface area contributed by atoms with Gasteiger partial charge in [0, 0.05) is 12.0 Å². The van der Waals surface area contributed by atoms with Crippen LogP contribution < -0.4 is 4.74 Å². The van der Waals surface area contributed by atoms with E-state index in [9.17, 15) is 23.7 Å². The number of hydrogen-bond donors (Lipinski definition) is 4. The van der Waals surface area contributed by atoms with Crippen LogP contribution in [0, 0.1) is 0 Å². The van der Waals surface area contributed by atoms with E-state index in [1.165, 1.54) is 13.8 Å². The van der Waals surface area contributed by atoms with Crippen molar-refractivity contribution in [1.82, 2.24) is 15.0 Å². The molecule has 0 amide bonds. The summed E-state index contributed by atoms with van der Waals surface area (Å²) in [6.45, 7) is 2.88. The third kappa shape index (κ3) is 6.30. The van der Waals surface area contributed by atoms with Gasteiger partial charge in [-0.1, -0.05) is 48.0 Å². The summed E-state index contributed by atoms with van der Waals surface area (Å²) in [4.78, 5) is 12.2. The second kappa shape index (κ2) is 11.1. The van der Waals surface area contributed by atoms with Crippen LogP contribution in [0.15, 0.2) is 59.5 Å². The summed E-state index contributed by atoms with van der Waals surface area (Å²) in [5, 5.41) is 29.6. The SMILES string of the molecule is CC(C)(O)CS(=O)(=O)c1ccc(-c2ccc(-c3nc4nc(O[C@H]5CO[C@H](CO)[C@@H](O)C5)[nH]c4cc3Cl)cc2)cc1. The normalized spacial score (nSPS) is 20.1. The highest BCUT2D eigenvalue weighted by atomic mass is 35.5. The average molecular weight is 588 g/mol. The maximum atomic E-state index is 12.5. The number of nitrogens with one attached hydrogen (secondary N) is 1. The van der Waals surface area contributed by atoms with Crippen LogP contribution in [-0.2, 0) is 14.6 Å². The Morgan fingerprint density at radius 2 is 1.70 bits per heavy atom. The second-order valence-electron chi connectivity index (χ2n) is 10.5. The number of aromatic nitrogens is 3. The molecule has 212 valence electrons. The maximum absolute atomic E-state index is 12.5. The molecule has 40 heavy (non-hydrogen) atoms. The zero-order valence-electron chi connectivity index (χ0n) is 21.9. The molecule has 1 aliphatic heterocycles. The summed E-state index contributed by atoms with van der Waals surface area (Å²) in [6.07, 6.45) is -1.59. The highest BCUT2D eigenvalue weighted by molar-refractivity contribution is 7.91. The highest BCUT2D eigenvalue weighted by Crippen LogP contribution is 2.32. The fourth-order valence-electron chi connectivity index (χ4n) is 4.62. The molecule has 4 aromatic rings. The van der Waals surface area contributed by atoms with Gasteiger partial charge < -0.3 is 29.8 Å². The van der Waals surface area contributed by atoms with E-state index in [1.54, 1.807) is 30.3 Å². The number of aliphatic hydroxyl groups is 3. The maximum Gasteiger partial charge on any atom is 0.296 e. The van der Waals surface area contributed by atoms with E-state index in [-0.39, 0.29) is 29.9 Å². The van der Waals surface area contributed by atoms with Gasteiger partial charge in [0.1, 0.15) is 12.2 Å². The topological polar surface area (TPSA) is 155 Å². The molecule has 3 heterocycles. The Hall–Kier alpha value is -3.06. The van der Waals surface area contributed by atoms with Gasteiger partial charge in [-0.15, -0.1) is 0 Å².